The monoisotopic (exact) mass is 491 g/mol. The van der Waals surface area contributed by atoms with Gasteiger partial charge in [0.15, 0.2) is 5.16 Å². The minimum absolute atomic E-state index is 0.0640. The first-order valence-corrected chi connectivity index (χ1v) is 12.2. The van der Waals surface area contributed by atoms with Crippen molar-refractivity contribution in [3.8, 4) is 11.4 Å². The molecule has 1 aliphatic carbocycles. The minimum Gasteiger partial charge on any atom is -0.495 e. The summed E-state index contributed by atoms with van der Waals surface area (Å²) in [4.78, 5) is 28.0. The number of methoxy groups -OCH3 is 2. The van der Waals surface area contributed by atoms with E-state index < -0.39 is 12.0 Å². The summed E-state index contributed by atoms with van der Waals surface area (Å²) in [5.41, 5.74) is 2.68. The number of hydrogen-bond acceptors (Lipinski definition) is 7. The molecule has 5 rings (SSSR count). The van der Waals surface area contributed by atoms with Gasteiger partial charge in [-0.1, -0.05) is 54.2 Å². The van der Waals surface area contributed by atoms with E-state index >= 15 is 0 Å². The van der Waals surface area contributed by atoms with E-state index in [1.807, 2.05) is 59.2 Å². The number of hydrogen-bond donors (Lipinski definition) is 1. The number of ether oxygens (including phenoxy) is 2. The Morgan fingerprint density at radius 2 is 1.86 bits per heavy atom. The molecule has 3 aromatic rings. The van der Waals surface area contributed by atoms with E-state index in [0.29, 0.717) is 27.9 Å². The fraction of sp³-hybridized carbons (Fsp3) is 0.280. The molecule has 0 radical (unpaired) electrons. The quantitative estimate of drug-likeness (QED) is 0.379. The van der Waals surface area contributed by atoms with Crippen molar-refractivity contribution >= 4 is 23.8 Å². The Morgan fingerprint density at radius 1 is 1.11 bits per heavy atom. The van der Waals surface area contributed by atoms with Gasteiger partial charge in [0.25, 0.3) is 0 Å². The van der Waals surface area contributed by atoms with E-state index in [1.165, 1.54) is 18.9 Å². The van der Waals surface area contributed by atoms with Crippen molar-refractivity contribution in [2.45, 2.75) is 30.1 Å². The van der Waals surface area contributed by atoms with E-state index in [2.05, 4.69) is 15.5 Å². The summed E-state index contributed by atoms with van der Waals surface area (Å²) < 4.78 is 12.5. The standard InChI is InChI=1S/C25H25N5O4S/c1-33-20-11-7-6-10-18(20)29-15-26-28-25(29)35-14-19-21(23(31)34-2)22(16-8-4-3-5-9-16)27-24(32)30(19)17-12-13-17/h3-11,15,17,22H,12-14H2,1-2H3,(H,27,32). The van der Waals surface area contributed by atoms with Crippen LogP contribution < -0.4 is 10.1 Å². The summed E-state index contributed by atoms with van der Waals surface area (Å²) in [6.45, 7) is 0. The van der Waals surface area contributed by atoms with Gasteiger partial charge >= 0.3 is 12.0 Å². The number of esters is 1. The number of thioether (sulfide) groups is 1. The van der Waals surface area contributed by atoms with Gasteiger partial charge in [-0.2, -0.15) is 0 Å². The maximum Gasteiger partial charge on any atom is 0.338 e. The van der Waals surface area contributed by atoms with Crippen molar-refractivity contribution in [1.29, 1.82) is 0 Å². The lowest BCUT2D eigenvalue weighted by atomic mass is 9.95. The van der Waals surface area contributed by atoms with Gasteiger partial charge in [-0.25, -0.2) is 9.59 Å². The smallest absolute Gasteiger partial charge is 0.338 e. The van der Waals surface area contributed by atoms with Crippen LogP contribution >= 0.6 is 11.8 Å². The zero-order valence-electron chi connectivity index (χ0n) is 19.4. The third-order valence-electron chi connectivity index (χ3n) is 6.03. The van der Waals surface area contributed by atoms with Crippen LogP contribution in [0.2, 0.25) is 0 Å². The summed E-state index contributed by atoms with van der Waals surface area (Å²) in [6, 6.07) is 16.3. The van der Waals surface area contributed by atoms with E-state index in [9.17, 15) is 9.59 Å². The van der Waals surface area contributed by atoms with Gasteiger partial charge in [-0.05, 0) is 30.5 Å². The molecule has 1 atom stereocenters. The Hall–Kier alpha value is -3.79. The van der Waals surface area contributed by atoms with E-state index in [1.54, 1.807) is 18.3 Å². The summed E-state index contributed by atoms with van der Waals surface area (Å²) in [5, 5.41) is 12.0. The van der Waals surface area contributed by atoms with Crippen molar-refractivity contribution < 1.29 is 19.1 Å². The fourth-order valence-electron chi connectivity index (χ4n) is 4.24. The first-order valence-electron chi connectivity index (χ1n) is 11.2. The Balaban J connectivity index is 1.54. The normalized spacial score (nSPS) is 17.8. The van der Waals surface area contributed by atoms with Gasteiger partial charge in [-0.3, -0.25) is 9.47 Å². The molecule has 2 amide bonds. The second-order valence-corrected chi connectivity index (χ2v) is 9.13. The Kier molecular flexibility index (Phi) is 6.45. The molecular weight excluding hydrogens is 466 g/mol. The molecule has 0 bridgehead atoms. The molecule has 0 saturated heterocycles. The molecular formula is C25H25N5O4S. The highest BCUT2D eigenvalue weighted by Crippen LogP contribution is 2.40. The van der Waals surface area contributed by atoms with Crippen LogP contribution in [0, 0.1) is 0 Å². The molecule has 1 N–H and O–H groups in total. The average Bonchev–Trinajstić information content (AvgIpc) is 3.63. The van der Waals surface area contributed by atoms with Crippen molar-refractivity contribution in [3.05, 3.63) is 77.8 Å². The number of benzene rings is 2. The topological polar surface area (TPSA) is 98.6 Å². The SMILES string of the molecule is COC(=O)C1=C(CSc2nncn2-c2ccccc2OC)N(C2CC2)C(=O)NC1c1ccccc1. The van der Waals surface area contributed by atoms with Gasteiger partial charge in [0.05, 0.1) is 31.5 Å². The molecule has 2 aliphatic rings. The first kappa shape index (κ1) is 23.0. The molecule has 1 aliphatic heterocycles. The summed E-state index contributed by atoms with van der Waals surface area (Å²) in [6.07, 6.45) is 3.40. The molecule has 1 saturated carbocycles. The molecule has 1 unspecified atom stereocenters. The van der Waals surface area contributed by atoms with E-state index in [-0.39, 0.29) is 12.1 Å². The summed E-state index contributed by atoms with van der Waals surface area (Å²) in [5.74, 6) is 0.557. The second kappa shape index (κ2) is 9.83. The number of urea groups is 1. The fourth-order valence-corrected chi connectivity index (χ4v) is 5.19. The Labute approximate surface area is 207 Å². The lowest BCUT2D eigenvalue weighted by molar-refractivity contribution is -0.136. The molecule has 2 aromatic carbocycles. The van der Waals surface area contributed by atoms with Gasteiger partial charge in [-0.15, -0.1) is 10.2 Å². The third-order valence-corrected chi connectivity index (χ3v) is 6.98. The lowest BCUT2D eigenvalue weighted by Gasteiger charge is -2.36. The lowest BCUT2D eigenvalue weighted by Crippen LogP contribution is -2.50. The van der Waals surface area contributed by atoms with Crippen molar-refractivity contribution in [2.24, 2.45) is 0 Å². The van der Waals surface area contributed by atoms with Crippen LogP contribution in [0.4, 0.5) is 4.79 Å². The first-order chi connectivity index (χ1) is 17.1. The molecule has 35 heavy (non-hydrogen) atoms. The predicted molar refractivity (Wildman–Crippen MR) is 130 cm³/mol. The summed E-state index contributed by atoms with van der Waals surface area (Å²) >= 11 is 1.40. The van der Waals surface area contributed by atoms with Crippen molar-refractivity contribution in [1.82, 2.24) is 25.0 Å². The van der Waals surface area contributed by atoms with Gasteiger partial charge in [0.1, 0.15) is 12.1 Å². The number of nitrogens with zero attached hydrogens (tertiary/aromatic N) is 4. The largest absolute Gasteiger partial charge is 0.495 e. The highest BCUT2D eigenvalue weighted by molar-refractivity contribution is 7.99. The third kappa shape index (κ3) is 4.49. The molecule has 9 nitrogen and oxygen atoms in total. The van der Waals surface area contributed by atoms with Gasteiger partial charge in [0, 0.05) is 17.5 Å². The van der Waals surface area contributed by atoms with Crippen molar-refractivity contribution in [3.63, 3.8) is 0 Å². The number of amides is 2. The highest BCUT2D eigenvalue weighted by atomic mass is 32.2. The summed E-state index contributed by atoms with van der Waals surface area (Å²) in [7, 11) is 2.97. The number of rotatable bonds is 8. The number of carbonyl (C=O) groups is 2. The second-order valence-electron chi connectivity index (χ2n) is 8.19. The van der Waals surface area contributed by atoms with Crippen LogP contribution in [0.3, 0.4) is 0 Å². The van der Waals surface area contributed by atoms with Crippen LogP contribution in [0.15, 0.2) is 77.4 Å². The maximum absolute atomic E-state index is 13.2. The molecule has 2 heterocycles. The minimum atomic E-state index is -0.603. The number of aromatic nitrogens is 3. The van der Waals surface area contributed by atoms with Crippen LogP contribution in [0.25, 0.3) is 5.69 Å². The predicted octanol–water partition coefficient (Wildman–Crippen LogP) is 3.72. The van der Waals surface area contributed by atoms with Gasteiger partial charge < -0.3 is 14.8 Å². The molecule has 1 aromatic heterocycles. The number of nitrogens with one attached hydrogen (secondary N) is 1. The van der Waals surface area contributed by atoms with E-state index in [4.69, 9.17) is 9.47 Å². The van der Waals surface area contributed by atoms with Crippen LogP contribution in [0.1, 0.15) is 24.4 Å². The molecule has 0 spiro atoms. The highest BCUT2D eigenvalue weighted by Gasteiger charge is 2.44. The molecule has 180 valence electrons. The maximum atomic E-state index is 13.2. The van der Waals surface area contributed by atoms with E-state index in [0.717, 1.165) is 24.1 Å². The van der Waals surface area contributed by atoms with Gasteiger partial charge in [0.2, 0.25) is 0 Å². The zero-order chi connectivity index (χ0) is 24.4. The average molecular weight is 492 g/mol. The Morgan fingerprint density at radius 3 is 2.57 bits per heavy atom. The van der Waals surface area contributed by atoms with Crippen LogP contribution in [-0.2, 0) is 9.53 Å². The van der Waals surface area contributed by atoms with Crippen molar-refractivity contribution in [2.75, 3.05) is 20.0 Å². The van der Waals surface area contributed by atoms with Crippen LogP contribution in [0.5, 0.6) is 5.75 Å². The number of para-hydroxylation sites is 2. The van der Waals surface area contributed by atoms with Crippen LogP contribution in [-0.4, -0.2) is 57.7 Å². The molecule has 10 heteroatoms. The Bertz CT molecular complexity index is 1270. The zero-order valence-corrected chi connectivity index (χ0v) is 20.2. The number of carbonyl (C=O) groups excluding carboxylic acids is 2. The molecule has 1 fully saturated rings.